The molecule has 1 aromatic rings. The maximum atomic E-state index is 9.21. The molecule has 0 aromatic heterocycles. The van der Waals surface area contributed by atoms with Gasteiger partial charge in [-0.2, -0.15) is 0 Å². The van der Waals surface area contributed by atoms with E-state index < -0.39 is 7.12 Å². The fourth-order valence-electron chi connectivity index (χ4n) is 1.98. The fourth-order valence-corrected chi connectivity index (χ4v) is 1.98. The maximum Gasteiger partial charge on any atom is 0.492 e. The molecule has 0 fully saturated rings. The van der Waals surface area contributed by atoms with Gasteiger partial charge in [-0.1, -0.05) is 25.1 Å². The first-order valence-electron chi connectivity index (χ1n) is 5.37. The van der Waals surface area contributed by atoms with E-state index >= 15 is 0 Å². The zero-order valence-corrected chi connectivity index (χ0v) is 8.81. The van der Waals surface area contributed by atoms with Crippen molar-refractivity contribution in [2.24, 2.45) is 0 Å². The fraction of sp³-hybridized carbons (Fsp3) is 0.455. The second-order valence-electron chi connectivity index (χ2n) is 3.90. The lowest BCUT2D eigenvalue weighted by molar-refractivity contribution is 0.170. The van der Waals surface area contributed by atoms with Crippen molar-refractivity contribution in [1.82, 2.24) is 0 Å². The van der Waals surface area contributed by atoms with Crippen LogP contribution in [0.1, 0.15) is 25.3 Å². The molecule has 2 N–H and O–H groups in total. The van der Waals surface area contributed by atoms with Gasteiger partial charge in [0.25, 0.3) is 0 Å². The van der Waals surface area contributed by atoms with E-state index in [9.17, 15) is 10.0 Å². The molecule has 1 aromatic carbocycles. The Labute approximate surface area is 89.8 Å². The molecule has 0 spiro atoms. The van der Waals surface area contributed by atoms with E-state index in [1.807, 2.05) is 12.1 Å². The summed E-state index contributed by atoms with van der Waals surface area (Å²) in [4.78, 5) is 0. The predicted octanol–water partition coefficient (Wildman–Crippen LogP) is 0.470. The summed E-state index contributed by atoms with van der Waals surface area (Å²) in [5, 5.41) is 18.4. The van der Waals surface area contributed by atoms with Gasteiger partial charge in [0.2, 0.25) is 0 Å². The molecule has 2 rings (SSSR count). The van der Waals surface area contributed by atoms with Crippen LogP contribution in [0.15, 0.2) is 18.2 Å². The Morgan fingerprint density at radius 2 is 2.27 bits per heavy atom. The molecule has 0 saturated carbocycles. The van der Waals surface area contributed by atoms with Gasteiger partial charge in [-0.15, -0.1) is 0 Å². The van der Waals surface area contributed by atoms with Crippen molar-refractivity contribution in [1.29, 1.82) is 0 Å². The van der Waals surface area contributed by atoms with Gasteiger partial charge in [-0.3, -0.25) is 0 Å². The van der Waals surface area contributed by atoms with Gasteiger partial charge >= 0.3 is 7.12 Å². The van der Waals surface area contributed by atoms with Crippen molar-refractivity contribution in [3.05, 3.63) is 23.8 Å². The molecule has 4 heteroatoms. The number of fused-ring (bicyclic) bond motifs is 1. The highest BCUT2D eigenvalue weighted by Crippen LogP contribution is 2.26. The molecule has 80 valence electrons. The standard InChI is InChI=1S/C11H15BO3/c1-2-9-7-6-8-4-3-5-10(12(13)14)11(8)15-9/h3-5,9,13-14H,2,6-7H2,1H3/t9-/m0/s1. The van der Waals surface area contributed by atoms with Gasteiger partial charge in [0.15, 0.2) is 0 Å². The molecule has 0 radical (unpaired) electrons. The third kappa shape index (κ3) is 2.01. The van der Waals surface area contributed by atoms with E-state index in [4.69, 9.17) is 4.74 Å². The Bertz CT molecular complexity index is 352. The normalized spacial score (nSPS) is 19.3. The molecule has 0 bridgehead atoms. The van der Waals surface area contributed by atoms with E-state index in [-0.39, 0.29) is 6.10 Å². The minimum absolute atomic E-state index is 0.206. The van der Waals surface area contributed by atoms with Crippen molar-refractivity contribution < 1.29 is 14.8 Å². The van der Waals surface area contributed by atoms with Gasteiger partial charge in [0, 0.05) is 5.46 Å². The summed E-state index contributed by atoms with van der Waals surface area (Å²) in [7, 11) is -1.45. The Morgan fingerprint density at radius 3 is 2.93 bits per heavy atom. The summed E-state index contributed by atoms with van der Waals surface area (Å²) in [6, 6.07) is 5.51. The lowest BCUT2D eigenvalue weighted by Crippen LogP contribution is -2.35. The summed E-state index contributed by atoms with van der Waals surface area (Å²) in [6.07, 6.45) is 3.12. The van der Waals surface area contributed by atoms with Gasteiger partial charge < -0.3 is 14.8 Å². The van der Waals surface area contributed by atoms with E-state index in [0.29, 0.717) is 11.2 Å². The van der Waals surface area contributed by atoms with Gasteiger partial charge in [-0.25, -0.2) is 0 Å². The minimum atomic E-state index is -1.45. The van der Waals surface area contributed by atoms with Crippen molar-refractivity contribution in [3.8, 4) is 5.75 Å². The Morgan fingerprint density at radius 1 is 1.47 bits per heavy atom. The summed E-state index contributed by atoms with van der Waals surface area (Å²) < 4.78 is 5.75. The third-order valence-corrected chi connectivity index (χ3v) is 2.88. The molecule has 1 atom stereocenters. The molecule has 0 amide bonds. The first-order chi connectivity index (χ1) is 7.22. The van der Waals surface area contributed by atoms with Crippen molar-refractivity contribution in [2.75, 3.05) is 0 Å². The summed E-state index contributed by atoms with van der Waals surface area (Å²) in [5.41, 5.74) is 1.55. The number of rotatable bonds is 2. The number of benzene rings is 1. The lowest BCUT2D eigenvalue weighted by Gasteiger charge is -2.27. The van der Waals surface area contributed by atoms with Crippen LogP contribution in [-0.2, 0) is 6.42 Å². The highest BCUT2D eigenvalue weighted by molar-refractivity contribution is 6.59. The van der Waals surface area contributed by atoms with Crippen LogP contribution < -0.4 is 10.2 Å². The molecular formula is C11H15BO3. The molecule has 15 heavy (non-hydrogen) atoms. The van der Waals surface area contributed by atoms with E-state index in [1.165, 1.54) is 0 Å². The van der Waals surface area contributed by atoms with Crippen molar-refractivity contribution in [3.63, 3.8) is 0 Å². The lowest BCUT2D eigenvalue weighted by atomic mass is 9.77. The van der Waals surface area contributed by atoms with E-state index in [2.05, 4.69) is 6.92 Å². The quantitative estimate of drug-likeness (QED) is 0.691. The molecule has 0 saturated heterocycles. The zero-order valence-electron chi connectivity index (χ0n) is 8.81. The molecule has 1 aliphatic rings. The molecular weight excluding hydrogens is 191 g/mol. The van der Waals surface area contributed by atoms with Crippen LogP contribution in [0.3, 0.4) is 0 Å². The predicted molar refractivity (Wildman–Crippen MR) is 59.3 cm³/mol. The Hall–Kier alpha value is -0.995. The van der Waals surface area contributed by atoms with Gasteiger partial charge in [0.1, 0.15) is 5.75 Å². The summed E-state index contributed by atoms with van der Waals surface area (Å²) in [6.45, 7) is 2.08. The topological polar surface area (TPSA) is 49.7 Å². The Kier molecular flexibility index (Phi) is 2.98. The zero-order chi connectivity index (χ0) is 10.8. The summed E-state index contributed by atoms with van der Waals surface area (Å²) >= 11 is 0. The second-order valence-corrected chi connectivity index (χ2v) is 3.90. The third-order valence-electron chi connectivity index (χ3n) is 2.88. The van der Waals surface area contributed by atoms with Crippen molar-refractivity contribution in [2.45, 2.75) is 32.3 Å². The average Bonchev–Trinajstić information content (AvgIpc) is 2.27. The number of para-hydroxylation sites is 1. The summed E-state index contributed by atoms with van der Waals surface area (Å²) in [5.74, 6) is 0.672. The minimum Gasteiger partial charge on any atom is -0.491 e. The molecule has 1 aliphatic heterocycles. The maximum absolute atomic E-state index is 9.21. The monoisotopic (exact) mass is 206 g/mol. The van der Waals surface area contributed by atoms with Crippen LogP contribution in [0.25, 0.3) is 0 Å². The first-order valence-corrected chi connectivity index (χ1v) is 5.37. The van der Waals surface area contributed by atoms with Crippen LogP contribution in [0, 0.1) is 0 Å². The number of aryl methyl sites for hydroxylation is 1. The van der Waals surface area contributed by atoms with Gasteiger partial charge in [0.05, 0.1) is 6.10 Å². The largest absolute Gasteiger partial charge is 0.492 e. The number of hydrogen-bond donors (Lipinski definition) is 2. The molecule has 3 nitrogen and oxygen atoms in total. The second kappa shape index (κ2) is 4.25. The van der Waals surface area contributed by atoms with Crippen LogP contribution >= 0.6 is 0 Å². The highest BCUT2D eigenvalue weighted by atomic mass is 16.5. The Balaban J connectivity index is 2.36. The first kappa shape index (κ1) is 10.5. The van der Waals surface area contributed by atoms with Crippen LogP contribution in [0.4, 0.5) is 0 Å². The van der Waals surface area contributed by atoms with Crippen molar-refractivity contribution >= 4 is 12.6 Å². The van der Waals surface area contributed by atoms with E-state index in [1.54, 1.807) is 6.07 Å². The SMILES string of the molecule is CC[C@H]1CCc2cccc(B(O)O)c2O1. The molecule has 0 unspecified atom stereocenters. The van der Waals surface area contributed by atoms with E-state index in [0.717, 1.165) is 24.8 Å². The smallest absolute Gasteiger partial charge is 0.491 e. The van der Waals surface area contributed by atoms with Crippen LogP contribution in [0.2, 0.25) is 0 Å². The van der Waals surface area contributed by atoms with Crippen LogP contribution in [-0.4, -0.2) is 23.3 Å². The highest BCUT2D eigenvalue weighted by Gasteiger charge is 2.25. The van der Waals surface area contributed by atoms with Crippen LogP contribution in [0.5, 0.6) is 5.75 Å². The number of ether oxygens (including phenoxy) is 1. The molecule has 1 heterocycles. The average molecular weight is 206 g/mol. The van der Waals surface area contributed by atoms with Gasteiger partial charge in [-0.05, 0) is 24.8 Å². The number of hydrogen-bond acceptors (Lipinski definition) is 3. The molecule has 0 aliphatic carbocycles.